The van der Waals surface area contributed by atoms with Crippen LogP contribution in [0.5, 0.6) is 0 Å². The van der Waals surface area contributed by atoms with Crippen molar-refractivity contribution < 1.29 is 29.9 Å². The van der Waals surface area contributed by atoms with E-state index in [1.165, 1.54) is 0 Å². The van der Waals surface area contributed by atoms with Gasteiger partial charge in [-0.15, -0.1) is 4.68 Å². The summed E-state index contributed by atoms with van der Waals surface area (Å²) in [6.45, 7) is 6.62. The Hall–Kier alpha value is -1.70. The van der Waals surface area contributed by atoms with E-state index in [1.807, 2.05) is 42.1 Å². The minimum absolute atomic E-state index is 0.201. The van der Waals surface area contributed by atoms with Crippen LogP contribution in [0.1, 0.15) is 26.6 Å². The maximum atomic E-state index is 9.87. The van der Waals surface area contributed by atoms with Gasteiger partial charge in [0.05, 0.1) is 10.3 Å². The second kappa shape index (κ2) is 5.68. The van der Waals surface area contributed by atoms with Gasteiger partial charge in [0.15, 0.2) is 0 Å². The van der Waals surface area contributed by atoms with E-state index in [4.69, 9.17) is 0 Å². The van der Waals surface area contributed by atoms with Crippen molar-refractivity contribution in [2.45, 2.75) is 27.2 Å². The Bertz CT molecular complexity index is 677. The predicted molar refractivity (Wildman–Crippen MR) is 79.3 cm³/mol. The number of aryl methyl sites for hydroxylation is 1. The molecule has 1 aromatic heterocycles. The van der Waals surface area contributed by atoms with Gasteiger partial charge in [-0.05, 0) is 22.3 Å². The number of benzene rings is 1. The second-order valence-electron chi connectivity index (χ2n) is 6.44. The van der Waals surface area contributed by atoms with Crippen molar-refractivity contribution in [3.8, 4) is 5.69 Å². The molecule has 0 aliphatic heterocycles. The van der Waals surface area contributed by atoms with Crippen LogP contribution in [0.3, 0.4) is 0 Å². The fourth-order valence-electron chi connectivity index (χ4n) is 1.76. The van der Waals surface area contributed by atoms with Crippen LogP contribution in [0, 0.1) is 5.41 Å². The van der Waals surface area contributed by atoms with Crippen molar-refractivity contribution >= 4 is 7.81 Å². The summed E-state index contributed by atoms with van der Waals surface area (Å²) in [4.78, 5) is 1.62. The summed E-state index contributed by atoms with van der Waals surface area (Å²) in [7, 11) is -8.80. The first-order valence-electron chi connectivity index (χ1n) is 6.85. The van der Waals surface area contributed by atoms with Crippen molar-refractivity contribution in [3.05, 3.63) is 36.2 Å². The second-order valence-corrected chi connectivity index (χ2v) is 8.35. The molecule has 0 aliphatic carbocycles. The average Bonchev–Trinajstić information content (AvgIpc) is 2.65. The van der Waals surface area contributed by atoms with Crippen LogP contribution in [0.4, 0.5) is 25.2 Å². The molecule has 0 radical (unpaired) electrons. The first-order valence-corrected chi connectivity index (χ1v) is 8.88. The molecule has 0 fully saturated rings. The quantitative estimate of drug-likeness (QED) is 0.417. The molecule has 0 atom stereocenters. The number of hydrogen-bond acceptors (Lipinski definition) is 2. The Balaban J connectivity index is 0.000000351. The average molecular weight is 376 g/mol. The third-order valence-electron chi connectivity index (χ3n) is 2.41. The Kier molecular flexibility index (Phi) is 4.82. The van der Waals surface area contributed by atoms with Gasteiger partial charge in [0.2, 0.25) is 0 Å². The zero-order valence-corrected chi connectivity index (χ0v) is 14.5. The Morgan fingerprint density at radius 3 is 1.88 bits per heavy atom. The van der Waals surface area contributed by atoms with Gasteiger partial charge >= 0.3 is 38.8 Å². The van der Waals surface area contributed by atoms with Gasteiger partial charge in [0, 0.05) is 6.42 Å². The number of nitrogens with zero attached hydrogens (tertiary/aromatic N) is 4. The zero-order chi connectivity index (χ0) is 18.9. The van der Waals surface area contributed by atoms with Crippen LogP contribution >= 0.6 is 7.81 Å². The SMILES string of the molecule is Cn1nc(CC(C)(C)C)[n+](-c2ccccc2)n1.F[P-](F)(F)(F)(F)F. The zero-order valence-electron chi connectivity index (χ0n) is 13.6. The van der Waals surface area contributed by atoms with Gasteiger partial charge in [-0.3, -0.25) is 0 Å². The first-order chi connectivity index (χ1) is 10.4. The molecule has 1 heterocycles. The normalized spacial score (nSPS) is 15.1. The van der Waals surface area contributed by atoms with Gasteiger partial charge < -0.3 is 0 Å². The van der Waals surface area contributed by atoms with Crippen molar-refractivity contribution in [1.82, 2.24) is 15.1 Å². The van der Waals surface area contributed by atoms with Gasteiger partial charge in [-0.25, -0.2) is 0 Å². The summed E-state index contributed by atoms with van der Waals surface area (Å²) < 4.78 is 61.1. The molecule has 2 rings (SSSR count). The molecule has 0 amide bonds. The molecule has 11 heteroatoms. The van der Waals surface area contributed by atoms with Crippen LogP contribution in [0.2, 0.25) is 0 Å². The van der Waals surface area contributed by atoms with E-state index in [0.717, 1.165) is 17.9 Å². The molecule has 0 bridgehead atoms. The summed E-state index contributed by atoms with van der Waals surface area (Å²) in [5.74, 6) is 0.992. The Morgan fingerprint density at radius 2 is 1.46 bits per heavy atom. The summed E-state index contributed by atoms with van der Waals surface area (Å²) in [6, 6.07) is 10.1. The monoisotopic (exact) mass is 376 g/mol. The van der Waals surface area contributed by atoms with Crippen LogP contribution in [0.25, 0.3) is 5.69 Å². The van der Waals surface area contributed by atoms with Crippen molar-refractivity contribution in [1.29, 1.82) is 0 Å². The molecule has 0 spiro atoms. The Labute approximate surface area is 135 Å². The van der Waals surface area contributed by atoms with Crippen molar-refractivity contribution in [3.63, 3.8) is 0 Å². The van der Waals surface area contributed by atoms with E-state index in [0.29, 0.717) is 0 Å². The Morgan fingerprint density at radius 1 is 1.00 bits per heavy atom. The molecule has 1 aromatic carbocycles. The molecule has 24 heavy (non-hydrogen) atoms. The number of para-hydroxylation sites is 1. The summed E-state index contributed by atoms with van der Waals surface area (Å²) >= 11 is 0. The molecule has 4 nitrogen and oxygen atoms in total. The third kappa shape index (κ3) is 10.1. The molecule has 138 valence electrons. The number of tetrazole rings is 1. The van der Waals surface area contributed by atoms with Crippen LogP contribution in [0.15, 0.2) is 30.3 Å². The standard InChI is InChI=1S/C13H19N4.F6P/c1-13(2,3)10-12-14-16(4)15-17(12)11-8-6-5-7-9-11;1-7(2,3,4,5)6/h5-9H,10H2,1-4H3;/q+1;-1. The predicted octanol–water partition coefficient (Wildman–Crippen LogP) is 5.06. The molecule has 0 unspecified atom stereocenters. The molecule has 0 saturated heterocycles. The number of rotatable bonds is 2. The molecular formula is C13H19F6N4P. The van der Waals surface area contributed by atoms with E-state index in [2.05, 4.69) is 31.1 Å². The van der Waals surface area contributed by atoms with Crippen molar-refractivity contribution in [2.75, 3.05) is 0 Å². The van der Waals surface area contributed by atoms with E-state index in [-0.39, 0.29) is 5.41 Å². The fourth-order valence-corrected chi connectivity index (χ4v) is 1.76. The summed E-state index contributed by atoms with van der Waals surface area (Å²) in [5.41, 5.74) is 1.26. The number of halogens is 6. The fraction of sp³-hybridized carbons (Fsp3) is 0.462. The van der Waals surface area contributed by atoms with Crippen LogP contribution in [-0.4, -0.2) is 15.1 Å². The minimum atomic E-state index is -10.7. The number of hydrogen-bond donors (Lipinski definition) is 0. The van der Waals surface area contributed by atoms with E-state index in [1.54, 1.807) is 4.80 Å². The van der Waals surface area contributed by atoms with E-state index >= 15 is 0 Å². The van der Waals surface area contributed by atoms with Gasteiger partial charge in [-0.2, -0.15) is 0 Å². The van der Waals surface area contributed by atoms with Crippen LogP contribution < -0.4 is 4.68 Å². The molecule has 0 N–H and O–H groups in total. The molecule has 0 aliphatic rings. The first kappa shape index (κ1) is 20.3. The van der Waals surface area contributed by atoms with Crippen molar-refractivity contribution in [2.24, 2.45) is 12.5 Å². The van der Waals surface area contributed by atoms with E-state index < -0.39 is 7.81 Å². The van der Waals surface area contributed by atoms with Gasteiger partial charge in [-0.1, -0.05) is 39.0 Å². The topological polar surface area (TPSA) is 34.6 Å². The summed E-state index contributed by atoms with van der Waals surface area (Å²) in [5, 5.41) is 8.83. The van der Waals surface area contributed by atoms with E-state index in [9.17, 15) is 25.2 Å². The summed E-state index contributed by atoms with van der Waals surface area (Å²) in [6.07, 6.45) is 0.899. The van der Waals surface area contributed by atoms with Gasteiger partial charge in [0.25, 0.3) is 0 Å². The van der Waals surface area contributed by atoms with Gasteiger partial charge in [0.1, 0.15) is 12.7 Å². The third-order valence-corrected chi connectivity index (χ3v) is 2.41. The maximum absolute atomic E-state index is 10.7. The molecular weight excluding hydrogens is 357 g/mol. The number of aromatic nitrogens is 4. The molecule has 0 saturated carbocycles. The molecule has 2 aromatic rings. The van der Waals surface area contributed by atoms with Crippen LogP contribution in [-0.2, 0) is 13.5 Å².